The summed E-state index contributed by atoms with van der Waals surface area (Å²) in [6.07, 6.45) is 3.26. The summed E-state index contributed by atoms with van der Waals surface area (Å²) in [4.78, 5) is 16.8. The molecule has 2 heterocycles. The van der Waals surface area contributed by atoms with Crippen molar-refractivity contribution in [2.45, 2.75) is 19.3 Å². The Hall–Kier alpha value is -1.56. The fourth-order valence-electron chi connectivity index (χ4n) is 2.22. The van der Waals surface area contributed by atoms with Crippen LogP contribution in [-0.2, 0) is 0 Å². The Kier molecular flexibility index (Phi) is 3.86. The molecule has 0 saturated carbocycles. The standard InChI is InChI=1S/C11H15ClN4O2/c1-13-11-10(16(17)18)8(7-9(12)14-11)15-5-3-2-4-6-15/h7H,2-6H2,1H3,(H,13,14). The summed E-state index contributed by atoms with van der Waals surface area (Å²) < 4.78 is 0. The number of rotatable bonds is 3. The number of hydrogen-bond donors (Lipinski definition) is 1. The predicted octanol–water partition coefficient (Wildman–Crippen LogP) is 2.68. The fourth-order valence-corrected chi connectivity index (χ4v) is 2.41. The maximum absolute atomic E-state index is 11.2. The summed E-state index contributed by atoms with van der Waals surface area (Å²) in [6, 6.07) is 1.58. The third-order valence-corrected chi connectivity index (χ3v) is 3.25. The number of hydrogen-bond acceptors (Lipinski definition) is 5. The maximum atomic E-state index is 11.2. The topological polar surface area (TPSA) is 71.3 Å². The summed E-state index contributed by atoms with van der Waals surface area (Å²) in [7, 11) is 1.60. The molecule has 98 valence electrons. The smallest absolute Gasteiger partial charge is 0.334 e. The number of aromatic nitrogens is 1. The Morgan fingerprint density at radius 2 is 2.11 bits per heavy atom. The van der Waals surface area contributed by atoms with Crippen LogP contribution in [0, 0.1) is 10.1 Å². The van der Waals surface area contributed by atoms with Gasteiger partial charge in [-0.25, -0.2) is 4.98 Å². The molecule has 1 aromatic rings. The van der Waals surface area contributed by atoms with Crippen LogP contribution in [0.4, 0.5) is 17.2 Å². The summed E-state index contributed by atoms with van der Waals surface area (Å²) in [5.74, 6) is 0.216. The van der Waals surface area contributed by atoms with Crippen LogP contribution in [0.3, 0.4) is 0 Å². The second kappa shape index (κ2) is 5.39. The average Bonchev–Trinajstić information content (AvgIpc) is 2.38. The van der Waals surface area contributed by atoms with Crippen LogP contribution in [0.25, 0.3) is 0 Å². The highest BCUT2D eigenvalue weighted by Crippen LogP contribution is 2.37. The lowest BCUT2D eigenvalue weighted by Gasteiger charge is -2.28. The van der Waals surface area contributed by atoms with Crippen molar-refractivity contribution in [1.82, 2.24) is 4.98 Å². The minimum atomic E-state index is -0.404. The summed E-state index contributed by atoms with van der Waals surface area (Å²) in [5.41, 5.74) is 0.563. The van der Waals surface area contributed by atoms with Crippen LogP contribution in [0.2, 0.25) is 5.15 Å². The van der Waals surface area contributed by atoms with Crippen LogP contribution < -0.4 is 10.2 Å². The van der Waals surface area contributed by atoms with Gasteiger partial charge in [-0.1, -0.05) is 11.6 Å². The van der Waals surface area contributed by atoms with Gasteiger partial charge in [-0.3, -0.25) is 10.1 Å². The molecule has 1 N–H and O–H groups in total. The molecule has 0 unspecified atom stereocenters. The Labute approximate surface area is 110 Å². The number of piperidine rings is 1. The number of halogens is 1. The van der Waals surface area contributed by atoms with Gasteiger partial charge in [-0.15, -0.1) is 0 Å². The molecule has 0 radical (unpaired) electrons. The Morgan fingerprint density at radius 1 is 1.44 bits per heavy atom. The van der Waals surface area contributed by atoms with E-state index >= 15 is 0 Å². The molecule has 1 aliphatic heterocycles. The van der Waals surface area contributed by atoms with Crippen LogP contribution >= 0.6 is 11.6 Å². The first kappa shape index (κ1) is 12.9. The van der Waals surface area contributed by atoms with Gasteiger partial charge in [0.15, 0.2) is 0 Å². The van der Waals surface area contributed by atoms with Crippen molar-refractivity contribution in [3.05, 3.63) is 21.3 Å². The Balaban J connectivity index is 2.49. The first-order valence-electron chi connectivity index (χ1n) is 5.91. The molecule has 0 spiro atoms. The van der Waals surface area contributed by atoms with Gasteiger partial charge in [0.2, 0.25) is 5.82 Å². The zero-order chi connectivity index (χ0) is 13.1. The molecule has 7 heteroatoms. The highest BCUT2D eigenvalue weighted by Gasteiger charge is 2.26. The van der Waals surface area contributed by atoms with Crippen LogP contribution in [-0.4, -0.2) is 30.0 Å². The van der Waals surface area contributed by atoms with Crippen molar-refractivity contribution < 1.29 is 4.92 Å². The van der Waals surface area contributed by atoms with Gasteiger partial charge in [0.1, 0.15) is 10.8 Å². The van der Waals surface area contributed by atoms with Crippen molar-refractivity contribution in [1.29, 1.82) is 0 Å². The SMILES string of the molecule is CNc1nc(Cl)cc(N2CCCCC2)c1[N+](=O)[O-]. The molecule has 1 saturated heterocycles. The van der Waals surface area contributed by atoms with Gasteiger partial charge in [0.05, 0.1) is 4.92 Å². The van der Waals surface area contributed by atoms with Crippen LogP contribution in [0.15, 0.2) is 6.07 Å². The van der Waals surface area contributed by atoms with E-state index in [1.807, 2.05) is 4.90 Å². The number of anilines is 2. The molecular formula is C11H15ClN4O2. The van der Waals surface area contributed by atoms with Gasteiger partial charge in [0.25, 0.3) is 0 Å². The summed E-state index contributed by atoms with van der Waals surface area (Å²) >= 11 is 5.92. The van der Waals surface area contributed by atoms with E-state index in [1.54, 1.807) is 13.1 Å². The lowest BCUT2D eigenvalue weighted by Crippen LogP contribution is -2.30. The van der Waals surface area contributed by atoms with E-state index in [0.717, 1.165) is 25.9 Å². The maximum Gasteiger partial charge on any atom is 0.334 e. The average molecular weight is 271 g/mol. The van der Waals surface area contributed by atoms with Crippen molar-refractivity contribution >= 4 is 28.8 Å². The van der Waals surface area contributed by atoms with E-state index in [-0.39, 0.29) is 16.7 Å². The highest BCUT2D eigenvalue weighted by atomic mass is 35.5. The van der Waals surface area contributed by atoms with Crippen molar-refractivity contribution in [3.63, 3.8) is 0 Å². The molecule has 0 aromatic carbocycles. The monoisotopic (exact) mass is 270 g/mol. The lowest BCUT2D eigenvalue weighted by atomic mass is 10.1. The van der Waals surface area contributed by atoms with Crippen LogP contribution in [0.5, 0.6) is 0 Å². The second-order valence-electron chi connectivity index (χ2n) is 4.22. The van der Waals surface area contributed by atoms with Crippen molar-refractivity contribution in [3.8, 4) is 0 Å². The first-order valence-corrected chi connectivity index (χ1v) is 6.29. The Morgan fingerprint density at radius 3 is 2.67 bits per heavy atom. The Bertz CT molecular complexity index is 461. The first-order chi connectivity index (χ1) is 8.63. The molecule has 6 nitrogen and oxygen atoms in total. The molecule has 1 fully saturated rings. The fraction of sp³-hybridized carbons (Fsp3) is 0.545. The minimum Gasteiger partial charge on any atom is -0.367 e. The van der Waals surface area contributed by atoms with Crippen molar-refractivity contribution in [2.75, 3.05) is 30.4 Å². The van der Waals surface area contributed by atoms with Gasteiger partial charge < -0.3 is 10.2 Å². The van der Waals surface area contributed by atoms with E-state index in [1.165, 1.54) is 6.42 Å². The highest BCUT2D eigenvalue weighted by molar-refractivity contribution is 6.30. The number of nitro groups is 1. The van der Waals surface area contributed by atoms with E-state index in [2.05, 4.69) is 10.3 Å². The van der Waals surface area contributed by atoms with Gasteiger partial charge in [0, 0.05) is 26.2 Å². The largest absolute Gasteiger partial charge is 0.367 e. The summed E-state index contributed by atoms with van der Waals surface area (Å²) in [6.45, 7) is 1.65. The number of nitrogens with one attached hydrogen (secondary N) is 1. The second-order valence-corrected chi connectivity index (χ2v) is 4.60. The summed E-state index contributed by atoms with van der Waals surface area (Å²) in [5, 5.41) is 14.2. The van der Waals surface area contributed by atoms with Gasteiger partial charge in [-0.05, 0) is 19.3 Å². The molecule has 0 atom stereocenters. The third kappa shape index (κ3) is 2.48. The third-order valence-electron chi connectivity index (χ3n) is 3.06. The van der Waals surface area contributed by atoms with E-state index in [9.17, 15) is 10.1 Å². The molecule has 18 heavy (non-hydrogen) atoms. The van der Waals surface area contributed by atoms with Gasteiger partial charge >= 0.3 is 5.69 Å². The predicted molar refractivity (Wildman–Crippen MR) is 71.5 cm³/mol. The molecule has 0 bridgehead atoms. The molecule has 1 aromatic heterocycles. The van der Waals surface area contributed by atoms with E-state index < -0.39 is 4.92 Å². The van der Waals surface area contributed by atoms with Gasteiger partial charge in [-0.2, -0.15) is 0 Å². The lowest BCUT2D eigenvalue weighted by molar-refractivity contribution is -0.383. The molecule has 2 rings (SSSR count). The molecule has 1 aliphatic rings. The minimum absolute atomic E-state index is 0.00352. The molecule has 0 amide bonds. The normalized spacial score (nSPS) is 15.6. The van der Waals surface area contributed by atoms with E-state index in [4.69, 9.17) is 11.6 Å². The van der Waals surface area contributed by atoms with Crippen molar-refractivity contribution in [2.24, 2.45) is 0 Å². The quantitative estimate of drug-likeness (QED) is 0.519. The molecular weight excluding hydrogens is 256 g/mol. The zero-order valence-electron chi connectivity index (χ0n) is 10.1. The van der Waals surface area contributed by atoms with Crippen LogP contribution in [0.1, 0.15) is 19.3 Å². The van der Waals surface area contributed by atoms with E-state index in [0.29, 0.717) is 5.69 Å². The zero-order valence-corrected chi connectivity index (χ0v) is 10.9. The number of nitrogens with zero attached hydrogens (tertiary/aromatic N) is 3. The molecule has 0 aliphatic carbocycles. The number of pyridine rings is 1.